The number of phenols is 1. The molecule has 0 aliphatic rings. The van der Waals surface area contributed by atoms with Crippen molar-refractivity contribution in [2.75, 3.05) is 0 Å². The zero-order valence-corrected chi connectivity index (χ0v) is 14.9. The smallest absolute Gasteiger partial charge is 0.276 e. The molecule has 0 saturated heterocycles. The van der Waals surface area contributed by atoms with E-state index in [0.717, 1.165) is 11.1 Å². The van der Waals surface area contributed by atoms with Gasteiger partial charge in [0, 0.05) is 11.1 Å². The van der Waals surface area contributed by atoms with Gasteiger partial charge in [0.15, 0.2) is 0 Å². The predicted molar refractivity (Wildman–Crippen MR) is 102 cm³/mol. The minimum atomic E-state index is -3.78. The first-order chi connectivity index (χ1) is 12.5. The van der Waals surface area contributed by atoms with Crippen LogP contribution in [0.4, 0.5) is 0 Å². The molecule has 0 heterocycles. The number of sulfonamides is 1. The molecule has 0 aliphatic carbocycles. The minimum absolute atomic E-state index is 0.126. The number of nitrogens with one attached hydrogen (secondary N) is 1. The van der Waals surface area contributed by atoms with Gasteiger partial charge in [0.2, 0.25) is 0 Å². The molecule has 6 heteroatoms. The van der Waals surface area contributed by atoms with Crippen LogP contribution in [0.5, 0.6) is 5.75 Å². The molecule has 0 aromatic heterocycles. The summed E-state index contributed by atoms with van der Waals surface area (Å²) in [4.78, 5) is 2.45. The third-order valence-electron chi connectivity index (χ3n) is 3.80. The molecule has 0 saturated carbocycles. The summed E-state index contributed by atoms with van der Waals surface area (Å²) >= 11 is 0. The molecule has 0 atom stereocenters. The molecule has 2 N–H and O–H groups in total. The molecule has 3 rings (SSSR count). The number of nitrogens with zero attached hydrogens (tertiary/aromatic N) is 1. The van der Waals surface area contributed by atoms with Crippen molar-refractivity contribution in [3.63, 3.8) is 0 Å². The molecule has 0 aliphatic heterocycles. The van der Waals surface area contributed by atoms with E-state index in [2.05, 4.69) is 9.93 Å². The first kappa shape index (κ1) is 17.7. The Morgan fingerprint density at radius 2 is 1.42 bits per heavy atom. The SMILES string of the molecule is Cc1ccc(S(=O)(=O)NN=C(c2ccccc2)c2ccc(O)cc2)cc1. The van der Waals surface area contributed by atoms with Crippen LogP contribution in [0.15, 0.2) is 88.9 Å². The van der Waals surface area contributed by atoms with E-state index in [-0.39, 0.29) is 10.6 Å². The minimum Gasteiger partial charge on any atom is -0.508 e. The summed E-state index contributed by atoms with van der Waals surface area (Å²) < 4.78 is 25.0. The van der Waals surface area contributed by atoms with Crippen molar-refractivity contribution >= 4 is 15.7 Å². The number of hydrazone groups is 1. The Labute approximate surface area is 152 Å². The highest BCUT2D eigenvalue weighted by Crippen LogP contribution is 2.16. The number of phenolic OH excluding ortho intramolecular Hbond substituents is 1. The standard InChI is InChI=1S/C20H18N2O3S/c1-15-7-13-19(14-8-15)26(24,25)22-21-20(16-5-3-2-4-6-16)17-9-11-18(23)12-10-17/h2-14,22-23H,1H3. The monoisotopic (exact) mass is 366 g/mol. The van der Waals surface area contributed by atoms with E-state index in [1.807, 2.05) is 37.3 Å². The van der Waals surface area contributed by atoms with Gasteiger partial charge in [0.1, 0.15) is 5.75 Å². The van der Waals surface area contributed by atoms with E-state index in [9.17, 15) is 13.5 Å². The second kappa shape index (κ2) is 7.41. The van der Waals surface area contributed by atoms with Gasteiger partial charge in [-0.05, 0) is 43.3 Å². The van der Waals surface area contributed by atoms with Crippen LogP contribution in [-0.4, -0.2) is 19.2 Å². The Morgan fingerprint density at radius 1 is 0.846 bits per heavy atom. The predicted octanol–water partition coefficient (Wildman–Crippen LogP) is 3.43. The first-order valence-electron chi connectivity index (χ1n) is 7.97. The van der Waals surface area contributed by atoms with Crippen LogP contribution in [0.1, 0.15) is 16.7 Å². The number of hydrogen-bond donors (Lipinski definition) is 2. The van der Waals surface area contributed by atoms with Crippen molar-refractivity contribution in [1.82, 2.24) is 4.83 Å². The summed E-state index contributed by atoms with van der Waals surface area (Å²) in [5.41, 5.74) is 2.87. The normalized spacial score (nSPS) is 12.0. The topological polar surface area (TPSA) is 78.8 Å². The summed E-state index contributed by atoms with van der Waals surface area (Å²) in [6, 6.07) is 22.2. The van der Waals surface area contributed by atoms with Crippen molar-refractivity contribution in [3.8, 4) is 5.75 Å². The van der Waals surface area contributed by atoms with E-state index in [0.29, 0.717) is 11.3 Å². The lowest BCUT2D eigenvalue weighted by Gasteiger charge is -2.09. The lowest BCUT2D eigenvalue weighted by molar-refractivity contribution is 0.475. The molecular weight excluding hydrogens is 348 g/mol. The molecule has 0 amide bonds. The third kappa shape index (κ3) is 4.10. The van der Waals surface area contributed by atoms with Crippen molar-refractivity contribution in [1.29, 1.82) is 0 Å². The van der Waals surface area contributed by atoms with Crippen LogP contribution in [-0.2, 0) is 10.0 Å². The van der Waals surface area contributed by atoms with Crippen molar-refractivity contribution in [2.24, 2.45) is 5.10 Å². The van der Waals surface area contributed by atoms with Crippen molar-refractivity contribution in [3.05, 3.63) is 95.6 Å². The Bertz CT molecular complexity index is 1010. The molecule has 0 unspecified atom stereocenters. The first-order valence-corrected chi connectivity index (χ1v) is 9.45. The van der Waals surface area contributed by atoms with Gasteiger partial charge in [-0.25, -0.2) is 0 Å². The second-order valence-corrected chi connectivity index (χ2v) is 7.44. The molecule has 5 nitrogen and oxygen atoms in total. The highest BCUT2D eigenvalue weighted by Gasteiger charge is 2.14. The van der Waals surface area contributed by atoms with Crippen LogP contribution in [0.3, 0.4) is 0 Å². The highest BCUT2D eigenvalue weighted by molar-refractivity contribution is 7.89. The maximum atomic E-state index is 12.5. The number of benzene rings is 3. The molecule has 0 spiro atoms. The molecular formula is C20H18N2O3S. The number of rotatable bonds is 5. The molecule has 0 bridgehead atoms. The fourth-order valence-electron chi connectivity index (χ4n) is 2.39. The molecule has 132 valence electrons. The zero-order chi connectivity index (χ0) is 18.6. The maximum Gasteiger partial charge on any atom is 0.276 e. The van der Waals surface area contributed by atoms with Gasteiger partial charge >= 0.3 is 0 Å². The quantitative estimate of drug-likeness (QED) is 0.536. The fraction of sp³-hybridized carbons (Fsp3) is 0.0500. The summed E-state index contributed by atoms with van der Waals surface area (Å²) in [6.07, 6.45) is 0. The Balaban J connectivity index is 1.99. The molecule has 3 aromatic carbocycles. The molecule has 0 radical (unpaired) electrons. The Kier molecular flexibility index (Phi) is 5.04. The third-order valence-corrected chi connectivity index (χ3v) is 5.02. The molecule has 26 heavy (non-hydrogen) atoms. The summed E-state index contributed by atoms with van der Waals surface area (Å²) in [7, 11) is -3.78. The largest absolute Gasteiger partial charge is 0.508 e. The average molecular weight is 366 g/mol. The Hall–Kier alpha value is -3.12. The summed E-state index contributed by atoms with van der Waals surface area (Å²) in [5.74, 6) is 0.126. The molecule has 0 fully saturated rings. The van der Waals surface area contributed by atoms with Gasteiger partial charge < -0.3 is 5.11 Å². The lowest BCUT2D eigenvalue weighted by atomic mass is 10.0. The van der Waals surface area contributed by atoms with E-state index >= 15 is 0 Å². The van der Waals surface area contributed by atoms with Crippen LogP contribution in [0, 0.1) is 6.92 Å². The Morgan fingerprint density at radius 3 is 2.04 bits per heavy atom. The van der Waals surface area contributed by atoms with Crippen LogP contribution in [0.25, 0.3) is 0 Å². The maximum absolute atomic E-state index is 12.5. The van der Waals surface area contributed by atoms with Gasteiger partial charge in [-0.1, -0.05) is 48.0 Å². The van der Waals surface area contributed by atoms with Gasteiger partial charge in [0.05, 0.1) is 10.6 Å². The lowest BCUT2D eigenvalue weighted by Crippen LogP contribution is -2.21. The molecule has 3 aromatic rings. The van der Waals surface area contributed by atoms with Crippen molar-refractivity contribution < 1.29 is 13.5 Å². The van der Waals surface area contributed by atoms with Crippen LogP contribution < -0.4 is 4.83 Å². The van der Waals surface area contributed by atoms with Crippen molar-refractivity contribution in [2.45, 2.75) is 11.8 Å². The number of aryl methyl sites for hydroxylation is 1. The average Bonchev–Trinajstić information content (AvgIpc) is 2.64. The van der Waals surface area contributed by atoms with Gasteiger partial charge in [0.25, 0.3) is 10.0 Å². The summed E-state index contributed by atoms with van der Waals surface area (Å²) in [6.45, 7) is 1.89. The number of hydrogen-bond acceptors (Lipinski definition) is 4. The van der Waals surface area contributed by atoms with E-state index in [1.165, 1.54) is 24.3 Å². The second-order valence-electron chi connectivity index (χ2n) is 5.78. The fourth-order valence-corrected chi connectivity index (χ4v) is 3.20. The number of aromatic hydroxyl groups is 1. The van der Waals surface area contributed by atoms with E-state index < -0.39 is 10.0 Å². The van der Waals surface area contributed by atoms with Gasteiger partial charge in [-0.15, -0.1) is 0 Å². The van der Waals surface area contributed by atoms with Gasteiger partial charge in [-0.3, -0.25) is 0 Å². The highest BCUT2D eigenvalue weighted by atomic mass is 32.2. The van der Waals surface area contributed by atoms with E-state index in [4.69, 9.17) is 0 Å². The summed E-state index contributed by atoms with van der Waals surface area (Å²) in [5, 5.41) is 13.6. The van der Waals surface area contributed by atoms with E-state index in [1.54, 1.807) is 24.3 Å². The van der Waals surface area contributed by atoms with Gasteiger partial charge in [-0.2, -0.15) is 18.4 Å². The van der Waals surface area contributed by atoms with Crippen LogP contribution in [0.2, 0.25) is 0 Å². The zero-order valence-electron chi connectivity index (χ0n) is 14.1. The van der Waals surface area contributed by atoms with Crippen LogP contribution >= 0.6 is 0 Å².